The van der Waals surface area contributed by atoms with Gasteiger partial charge in [0.25, 0.3) is 11.5 Å². The first-order valence-corrected chi connectivity index (χ1v) is 7.73. The van der Waals surface area contributed by atoms with Gasteiger partial charge in [0, 0.05) is 24.5 Å². The Labute approximate surface area is 141 Å². The number of fused-ring (bicyclic) bond motifs is 1. The highest BCUT2D eigenvalue weighted by Crippen LogP contribution is 2.20. The Morgan fingerprint density at radius 3 is 2.87 bits per heavy atom. The number of nitrogens with one attached hydrogen (secondary N) is 1. The SMILES string of the molecule is CC(N)C1CCCN(C(=O)c2cc3ccccc3c(=O)[nH]2)C1.Cl. The number of piperidine rings is 1. The van der Waals surface area contributed by atoms with Gasteiger partial charge in [-0.05, 0) is 43.2 Å². The number of nitrogens with two attached hydrogens (primary N) is 1. The average molecular weight is 336 g/mol. The Kier molecular flexibility index (Phi) is 5.44. The minimum absolute atomic E-state index is 0. The molecule has 1 aliphatic heterocycles. The van der Waals surface area contributed by atoms with Gasteiger partial charge >= 0.3 is 0 Å². The first-order chi connectivity index (χ1) is 10.6. The third-order valence-corrected chi connectivity index (χ3v) is 4.47. The molecule has 0 saturated carbocycles. The van der Waals surface area contributed by atoms with Crippen LogP contribution in [-0.4, -0.2) is 34.9 Å². The number of halogens is 1. The summed E-state index contributed by atoms with van der Waals surface area (Å²) in [5.41, 5.74) is 6.11. The lowest BCUT2D eigenvalue weighted by Gasteiger charge is -2.34. The van der Waals surface area contributed by atoms with Gasteiger partial charge in [0.05, 0.1) is 0 Å². The van der Waals surface area contributed by atoms with E-state index in [-0.39, 0.29) is 29.9 Å². The largest absolute Gasteiger partial charge is 0.337 e. The van der Waals surface area contributed by atoms with E-state index in [1.807, 2.05) is 25.1 Å². The van der Waals surface area contributed by atoms with E-state index in [9.17, 15) is 9.59 Å². The Hall–Kier alpha value is -1.85. The Bertz CT molecular complexity index is 757. The van der Waals surface area contributed by atoms with Crippen molar-refractivity contribution >= 4 is 29.1 Å². The van der Waals surface area contributed by atoms with Crippen molar-refractivity contribution in [1.82, 2.24) is 9.88 Å². The molecule has 124 valence electrons. The van der Waals surface area contributed by atoms with Gasteiger partial charge in [0.2, 0.25) is 0 Å². The summed E-state index contributed by atoms with van der Waals surface area (Å²) in [4.78, 5) is 29.3. The van der Waals surface area contributed by atoms with Crippen LogP contribution in [-0.2, 0) is 0 Å². The van der Waals surface area contributed by atoms with Gasteiger partial charge in [-0.3, -0.25) is 9.59 Å². The number of aromatic nitrogens is 1. The van der Waals surface area contributed by atoms with Crippen LogP contribution < -0.4 is 11.3 Å². The van der Waals surface area contributed by atoms with Crippen molar-refractivity contribution in [2.75, 3.05) is 13.1 Å². The predicted octanol–water partition coefficient (Wildman–Crippen LogP) is 2.15. The summed E-state index contributed by atoms with van der Waals surface area (Å²) >= 11 is 0. The molecule has 1 aromatic carbocycles. The van der Waals surface area contributed by atoms with Crippen molar-refractivity contribution in [2.45, 2.75) is 25.8 Å². The zero-order chi connectivity index (χ0) is 15.7. The maximum absolute atomic E-state index is 12.7. The van der Waals surface area contributed by atoms with Crippen LogP contribution in [0.3, 0.4) is 0 Å². The fourth-order valence-corrected chi connectivity index (χ4v) is 3.12. The smallest absolute Gasteiger partial charge is 0.270 e. The second-order valence-corrected chi connectivity index (χ2v) is 6.11. The lowest BCUT2D eigenvalue weighted by atomic mass is 9.92. The number of carbonyl (C=O) groups is 1. The Balaban J connectivity index is 0.00000192. The number of nitrogens with zero attached hydrogens (tertiary/aromatic N) is 1. The van der Waals surface area contributed by atoms with Crippen LogP contribution in [0.4, 0.5) is 0 Å². The van der Waals surface area contributed by atoms with Gasteiger partial charge in [0.1, 0.15) is 5.69 Å². The topological polar surface area (TPSA) is 79.2 Å². The van der Waals surface area contributed by atoms with Gasteiger partial charge in [-0.2, -0.15) is 0 Å². The van der Waals surface area contributed by atoms with Gasteiger partial charge in [-0.1, -0.05) is 18.2 Å². The minimum Gasteiger partial charge on any atom is -0.337 e. The molecule has 0 radical (unpaired) electrons. The maximum atomic E-state index is 12.7. The summed E-state index contributed by atoms with van der Waals surface area (Å²) in [6.07, 6.45) is 2.01. The van der Waals surface area contributed by atoms with Gasteiger partial charge in [0.15, 0.2) is 0 Å². The molecule has 1 aliphatic rings. The number of rotatable bonds is 2. The highest BCUT2D eigenvalue weighted by Gasteiger charge is 2.27. The molecule has 0 spiro atoms. The van der Waals surface area contributed by atoms with Crippen molar-refractivity contribution in [1.29, 1.82) is 0 Å². The number of aromatic amines is 1. The molecule has 23 heavy (non-hydrogen) atoms. The fourth-order valence-electron chi connectivity index (χ4n) is 3.12. The number of pyridine rings is 1. The number of H-pyrrole nitrogens is 1. The van der Waals surface area contributed by atoms with Crippen LogP contribution in [0, 0.1) is 5.92 Å². The van der Waals surface area contributed by atoms with Crippen LogP contribution in [0.2, 0.25) is 0 Å². The third kappa shape index (κ3) is 3.57. The van der Waals surface area contributed by atoms with Crippen molar-refractivity contribution in [3.63, 3.8) is 0 Å². The molecule has 3 N–H and O–H groups in total. The molecule has 2 unspecified atom stereocenters. The van der Waals surface area contributed by atoms with E-state index in [0.717, 1.165) is 24.8 Å². The molecule has 1 aromatic heterocycles. The second-order valence-electron chi connectivity index (χ2n) is 6.11. The number of hydrogen-bond acceptors (Lipinski definition) is 3. The molecule has 5 nitrogen and oxygen atoms in total. The summed E-state index contributed by atoms with van der Waals surface area (Å²) in [7, 11) is 0. The number of benzene rings is 1. The van der Waals surface area contributed by atoms with E-state index >= 15 is 0 Å². The summed E-state index contributed by atoms with van der Waals surface area (Å²) < 4.78 is 0. The molecule has 0 aliphatic carbocycles. The summed E-state index contributed by atoms with van der Waals surface area (Å²) in [5.74, 6) is 0.207. The van der Waals surface area contributed by atoms with Gasteiger partial charge in [-0.15, -0.1) is 12.4 Å². The zero-order valence-electron chi connectivity index (χ0n) is 13.1. The molecule has 6 heteroatoms. The normalized spacial score (nSPS) is 19.2. The third-order valence-electron chi connectivity index (χ3n) is 4.47. The predicted molar refractivity (Wildman–Crippen MR) is 94.1 cm³/mol. The molecular weight excluding hydrogens is 314 g/mol. The molecule has 2 heterocycles. The molecule has 0 bridgehead atoms. The summed E-state index contributed by atoms with van der Waals surface area (Å²) in [6.45, 7) is 3.36. The average Bonchev–Trinajstić information content (AvgIpc) is 2.54. The van der Waals surface area contributed by atoms with E-state index in [1.54, 1.807) is 17.0 Å². The van der Waals surface area contributed by atoms with Crippen LogP contribution in [0.25, 0.3) is 10.8 Å². The van der Waals surface area contributed by atoms with Crippen LogP contribution in [0.1, 0.15) is 30.3 Å². The Morgan fingerprint density at radius 2 is 2.13 bits per heavy atom. The van der Waals surface area contributed by atoms with E-state index in [0.29, 0.717) is 23.5 Å². The standard InChI is InChI=1S/C17H21N3O2.ClH/c1-11(18)13-6-4-8-20(10-13)17(22)15-9-12-5-2-3-7-14(12)16(21)19-15;/h2-3,5,7,9,11,13H,4,6,8,10,18H2,1H3,(H,19,21);1H. The highest BCUT2D eigenvalue weighted by molar-refractivity contribution is 5.96. The molecule has 1 fully saturated rings. The molecule has 2 atom stereocenters. The number of carbonyl (C=O) groups excluding carboxylic acids is 1. The second kappa shape index (κ2) is 7.15. The fraction of sp³-hybridized carbons (Fsp3) is 0.412. The minimum atomic E-state index is -0.220. The van der Waals surface area contributed by atoms with Crippen LogP contribution >= 0.6 is 12.4 Å². The van der Waals surface area contributed by atoms with E-state index in [4.69, 9.17) is 5.73 Å². The zero-order valence-corrected chi connectivity index (χ0v) is 13.9. The first kappa shape index (κ1) is 17.5. The quantitative estimate of drug-likeness (QED) is 0.882. The van der Waals surface area contributed by atoms with Crippen LogP contribution in [0.15, 0.2) is 35.1 Å². The van der Waals surface area contributed by atoms with Crippen molar-refractivity contribution in [3.05, 3.63) is 46.4 Å². The molecule has 2 aromatic rings. The van der Waals surface area contributed by atoms with E-state index in [2.05, 4.69) is 4.98 Å². The summed E-state index contributed by atoms with van der Waals surface area (Å²) in [6, 6.07) is 9.12. The molecule has 3 rings (SSSR count). The van der Waals surface area contributed by atoms with E-state index in [1.165, 1.54) is 0 Å². The summed E-state index contributed by atoms with van der Waals surface area (Å²) in [5, 5.41) is 1.39. The number of amides is 1. The maximum Gasteiger partial charge on any atom is 0.270 e. The van der Waals surface area contributed by atoms with E-state index < -0.39 is 0 Å². The highest BCUT2D eigenvalue weighted by atomic mass is 35.5. The van der Waals surface area contributed by atoms with Crippen LogP contribution in [0.5, 0.6) is 0 Å². The number of hydrogen-bond donors (Lipinski definition) is 2. The van der Waals surface area contributed by atoms with Gasteiger partial charge in [-0.25, -0.2) is 0 Å². The lowest BCUT2D eigenvalue weighted by molar-refractivity contribution is 0.0655. The molecular formula is C17H22ClN3O2. The lowest BCUT2D eigenvalue weighted by Crippen LogP contribution is -2.45. The molecule has 1 saturated heterocycles. The monoisotopic (exact) mass is 335 g/mol. The van der Waals surface area contributed by atoms with Crippen molar-refractivity contribution in [3.8, 4) is 0 Å². The van der Waals surface area contributed by atoms with Crippen molar-refractivity contribution in [2.24, 2.45) is 11.7 Å². The van der Waals surface area contributed by atoms with Crippen molar-refractivity contribution < 1.29 is 4.79 Å². The number of likely N-dealkylation sites (tertiary alicyclic amines) is 1. The first-order valence-electron chi connectivity index (χ1n) is 7.73. The molecule has 1 amide bonds. The van der Waals surface area contributed by atoms with Gasteiger partial charge < -0.3 is 15.6 Å². The Morgan fingerprint density at radius 1 is 1.39 bits per heavy atom.